The molecule has 22 heavy (non-hydrogen) atoms. The zero-order valence-corrected chi connectivity index (χ0v) is 14.4. The van der Waals surface area contributed by atoms with Crippen molar-refractivity contribution in [2.24, 2.45) is 0 Å². The molecule has 1 atom stereocenters. The first kappa shape index (κ1) is 16.9. The van der Waals surface area contributed by atoms with E-state index in [1.54, 1.807) is 17.5 Å². The highest BCUT2D eigenvalue weighted by molar-refractivity contribution is 7.09. The van der Waals surface area contributed by atoms with Gasteiger partial charge in [0.05, 0.1) is 5.54 Å². The van der Waals surface area contributed by atoms with E-state index in [2.05, 4.69) is 37.1 Å². The largest absolute Gasteiger partial charge is 0.491 e. The quantitative estimate of drug-likeness (QED) is 0.823. The molecule has 0 aliphatic carbocycles. The first-order chi connectivity index (χ1) is 10.4. The summed E-state index contributed by atoms with van der Waals surface area (Å²) in [5.74, 6) is 0.823. The Morgan fingerprint density at radius 3 is 2.77 bits per heavy atom. The van der Waals surface area contributed by atoms with Crippen molar-refractivity contribution in [2.45, 2.75) is 39.3 Å². The van der Waals surface area contributed by atoms with Crippen LogP contribution in [0.3, 0.4) is 0 Å². The van der Waals surface area contributed by atoms with Crippen molar-refractivity contribution < 1.29 is 9.84 Å². The van der Waals surface area contributed by atoms with Gasteiger partial charge in [-0.25, -0.2) is 4.98 Å². The minimum absolute atomic E-state index is 0.255. The van der Waals surface area contributed by atoms with Gasteiger partial charge in [0.1, 0.15) is 23.5 Å². The SMILES string of the molecule is Cc1ccc(OCC(O)CNC(C)(C)c2nccs2)c(C)c1. The Bertz CT molecular complexity index is 597. The molecule has 120 valence electrons. The van der Waals surface area contributed by atoms with Gasteiger partial charge in [0.25, 0.3) is 0 Å². The maximum atomic E-state index is 10.1. The zero-order valence-electron chi connectivity index (χ0n) is 13.6. The van der Waals surface area contributed by atoms with E-state index in [-0.39, 0.29) is 12.1 Å². The number of aliphatic hydroxyl groups is 1. The summed E-state index contributed by atoms with van der Waals surface area (Å²) < 4.78 is 5.71. The molecule has 0 aliphatic heterocycles. The molecule has 0 radical (unpaired) electrons. The number of ether oxygens (including phenoxy) is 1. The van der Waals surface area contributed by atoms with Crippen LogP contribution in [0.2, 0.25) is 0 Å². The molecule has 0 aliphatic rings. The van der Waals surface area contributed by atoms with Gasteiger partial charge < -0.3 is 15.2 Å². The number of hydrogen-bond acceptors (Lipinski definition) is 5. The fourth-order valence-corrected chi connectivity index (χ4v) is 2.93. The second-order valence-electron chi connectivity index (χ2n) is 6.08. The molecule has 1 aromatic carbocycles. The standard InChI is InChI=1S/C17H24N2O2S/c1-12-5-6-15(13(2)9-12)21-11-14(20)10-19-17(3,4)16-18-7-8-22-16/h5-9,14,19-20H,10-11H2,1-4H3. The molecular formula is C17H24N2O2S. The third kappa shape index (κ3) is 4.53. The number of hydrogen-bond donors (Lipinski definition) is 2. The molecule has 5 heteroatoms. The summed E-state index contributed by atoms with van der Waals surface area (Å²) in [5.41, 5.74) is 2.04. The van der Waals surface area contributed by atoms with E-state index in [4.69, 9.17) is 4.74 Å². The highest BCUT2D eigenvalue weighted by Gasteiger charge is 2.23. The molecule has 0 spiro atoms. The van der Waals surface area contributed by atoms with E-state index in [1.807, 2.05) is 24.4 Å². The van der Waals surface area contributed by atoms with E-state index < -0.39 is 6.10 Å². The lowest BCUT2D eigenvalue weighted by Gasteiger charge is -2.25. The molecule has 0 saturated heterocycles. The van der Waals surface area contributed by atoms with Gasteiger partial charge in [-0.05, 0) is 39.3 Å². The zero-order chi connectivity index (χ0) is 16.2. The van der Waals surface area contributed by atoms with Crippen LogP contribution in [0.4, 0.5) is 0 Å². The van der Waals surface area contributed by atoms with Crippen molar-refractivity contribution in [1.82, 2.24) is 10.3 Å². The molecule has 0 saturated carbocycles. The highest BCUT2D eigenvalue weighted by Crippen LogP contribution is 2.22. The lowest BCUT2D eigenvalue weighted by Crippen LogP contribution is -2.42. The van der Waals surface area contributed by atoms with Gasteiger partial charge in [-0.2, -0.15) is 0 Å². The number of benzene rings is 1. The van der Waals surface area contributed by atoms with E-state index in [0.29, 0.717) is 6.54 Å². The normalized spacial score (nSPS) is 13.1. The van der Waals surface area contributed by atoms with Crippen molar-refractivity contribution in [2.75, 3.05) is 13.2 Å². The van der Waals surface area contributed by atoms with Crippen LogP contribution in [-0.4, -0.2) is 29.3 Å². The molecule has 1 unspecified atom stereocenters. The van der Waals surface area contributed by atoms with Gasteiger partial charge in [0.15, 0.2) is 0 Å². The molecule has 1 aromatic heterocycles. The van der Waals surface area contributed by atoms with Gasteiger partial charge in [0.2, 0.25) is 0 Å². The van der Waals surface area contributed by atoms with Crippen molar-refractivity contribution in [3.63, 3.8) is 0 Å². The number of rotatable bonds is 7. The average molecular weight is 320 g/mol. The summed E-state index contributed by atoms with van der Waals surface area (Å²) in [5, 5.41) is 16.4. The first-order valence-electron chi connectivity index (χ1n) is 7.41. The number of aliphatic hydroxyl groups excluding tert-OH is 1. The van der Waals surface area contributed by atoms with E-state index in [0.717, 1.165) is 16.3 Å². The second kappa shape index (κ2) is 7.22. The Morgan fingerprint density at radius 2 is 2.14 bits per heavy atom. The predicted molar refractivity (Wildman–Crippen MR) is 90.6 cm³/mol. The van der Waals surface area contributed by atoms with Gasteiger partial charge in [-0.3, -0.25) is 0 Å². The molecule has 4 nitrogen and oxygen atoms in total. The monoisotopic (exact) mass is 320 g/mol. The Morgan fingerprint density at radius 1 is 1.36 bits per heavy atom. The minimum Gasteiger partial charge on any atom is -0.491 e. The Kier molecular flexibility index (Phi) is 5.56. The van der Waals surface area contributed by atoms with Gasteiger partial charge >= 0.3 is 0 Å². The summed E-state index contributed by atoms with van der Waals surface area (Å²) in [6.45, 7) is 8.91. The van der Waals surface area contributed by atoms with Crippen LogP contribution >= 0.6 is 11.3 Å². The summed E-state index contributed by atoms with van der Waals surface area (Å²) in [6, 6.07) is 6.04. The fraction of sp³-hybridized carbons (Fsp3) is 0.471. The number of aromatic nitrogens is 1. The number of aryl methyl sites for hydroxylation is 2. The van der Waals surface area contributed by atoms with Crippen LogP contribution in [0.15, 0.2) is 29.8 Å². The third-order valence-electron chi connectivity index (χ3n) is 3.51. The van der Waals surface area contributed by atoms with Gasteiger partial charge in [-0.15, -0.1) is 11.3 Å². The van der Waals surface area contributed by atoms with Crippen LogP contribution in [0, 0.1) is 13.8 Å². The molecule has 1 heterocycles. The Labute approximate surface area is 136 Å². The average Bonchev–Trinajstić information content (AvgIpc) is 2.99. The van der Waals surface area contributed by atoms with Crippen molar-refractivity contribution in [1.29, 1.82) is 0 Å². The number of nitrogens with zero attached hydrogens (tertiary/aromatic N) is 1. The summed E-state index contributed by atoms with van der Waals surface area (Å²) >= 11 is 1.61. The Hall–Kier alpha value is -1.43. The molecule has 2 aromatic rings. The van der Waals surface area contributed by atoms with Crippen LogP contribution in [0.1, 0.15) is 30.0 Å². The molecule has 2 N–H and O–H groups in total. The van der Waals surface area contributed by atoms with E-state index >= 15 is 0 Å². The minimum atomic E-state index is -0.569. The second-order valence-corrected chi connectivity index (χ2v) is 6.97. The molecule has 0 fully saturated rings. The first-order valence-corrected chi connectivity index (χ1v) is 8.29. The van der Waals surface area contributed by atoms with Crippen molar-refractivity contribution in [3.05, 3.63) is 45.9 Å². The maximum Gasteiger partial charge on any atom is 0.122 e. The fourth-order valence-electron chi connectivity index (χ4n) is 2.19. The van der Waals surface area contributed by atoms with Crippen LogP contribution in [-0.2, 0) is 5.54 Å². The molecule has 0 bridgehead atoms. The van der Waals surface area contributed by atoms with Crippen LogP contribution < -0.4 is 10.1 Å². The summed E-state index contributed by atoms with van der Waals surface area (Å²) in [7, 11) is 0. The van der Waals surface area contributed by atoms with Crippen LogP contribution in [0.25, 0.3) is 0 Å². The molecular weight excluding hydrogens is 296 g/mol. The number of thiazole rings is 1. The third-order valence-corrected chi connectivity index (χ3v) is 4.61. The van der Waals surface area contributed by atoms with Gasteiger partial charge in [-0.1, -0.05) is 17.7 Å². The lowest BCUT2D eigenvalue weighted by atomic mass is 10.1. The molecule has 2 rings (SSSR count). The van der Waals surface area contributed by atoms with Crippen LogP contribution in [0.5, 0.6) is 5.75 Å². The predicted octanol–water partition coefficient (Wildman–Crippen LogP) is 3.02. The highest BCUT2D eigenvalue weighted by atomic mass is 32.1. The maximum absolute atomic E-state index is 10.1. The van der Waals surface area contributed by atoms with E-state index in [1.165, 1.54) is 5.56 Å². The van der Waals surface area contributed by atoms with E-state index in [9.17, 15) is 5.11 Å². The Balaban J connectivity index is 1.82. The number of nitrogens with one attached hydrogen (secondary N) is 1. The lowest BCUT2D eigenvalue weighted by molar-refractivity contribution is 0.0984. The summed E-state index contributed by atoms with van der Waals surface area (Å²) in [6.07, 6.45) is 1.23. The van der Waals surface area contributed by atoms with Crippen molar-refractivity contribution >= 4 is 11.3 Å². The molecule has 0 amide bonds. The van der Waals surface area contributed by atoms with Crippen molar-refractivity contribution in [3.8, 4) is 5.75 Å². The van der Waals surface area contributed by atoms with Gasteiger partial charge in [0, 0.05) is 18.1 Å². The topological polar surface area (TPSA) is 54.4 Å². The summed E-state index contributed by atoms with van der Waals surface area (Å²) in [4.78, 5) is 4.32. The smallest absolute Gasteiger partial charge is 0.122 e.